The SMILES string of the molecule is COc1ccc(COP=O)cc1Br. The van der Waals surface area contributed by atoms with Gasteiger partial charge in [0.1, 0.15) is 5.75 Å². The molecule has 0 saturated heterocycles. The number of ether oxygens (including phenoxy) is 1. The molecule has 0 aliphatic heterocycles. The highest BCUT2D eigenvalue weighted by molar-refractivity contribution is 9.10. The lowest BCUT2D eigenvalue weighted by molar-refractivity contribution is 0.332. The minimum Gasteiger partial charge on any atom is -0.496 e. The van der Waals surface area contributed by atoms with Crippen molar-refractivity contribution in [2.75, 3.05) is 7.11 Å². The van der Waals surface area contributed by atoms with Gasteiger partial charge in [-0.2, -0.15) is 0 Å². The van der Waals surface area contributed by atoms with Crippen LogP contribution in [0.25, 0.3) is 0 Å². The number of hydrogen-bond donors (Lipinski definition) is 0. The van der Waals surface area contributed by atoms with Crippen LogP contribution in [0.15, 0.2) is 22.7 Å². The highest BCUT2D eigenvalue weighted by Gasteiger charge is 2.00. The number of hydrogen-bond acceptors (Lipinski definition) is 3. The van der Waals surface area contributed by atoms with E-state index in [0.717, 1.165) is 15.8 Å². The first-order chi connectivity index (χ1) is 6.27. The van der Waals surface area contributed by atoms with Crippen LogP contribution < -0.4 is 4.74 Å². The fraction of sp³-hybridized carbons (Fsp3) is 0.250. The van der Waals surface area contributed by atoms with Crippen LogP contribution in [0.4, 0.5) is 0 Å². The Hall–Kier alpha value is -0.440. The van der Waals surface area contributed by atoms with Crippen molar-refractivity contribution in [2.45, 2.75) is 6.61 Å². The first-order valence-electron chi connectivity index (χ1n) is 3.55. The normalized spacial score (nSPS) is 10.3. The molecular weight excluding hydrogens is 255 g/mol. The standard InChI is InChI=1S/C8H8BrO3P/c1-11-8-3-2-6(4-7(8)9)5-12-13-10/h2-4H,5H2,1H3. The molecule has 0 fully saturated rings. The zero-order valence-corrected chi connectivity index (χ0v) is 9.47. The van der Waals surface area contributed by atoms with E-state index in [0.29, 0.717) is 6.61 Å². The third-order valence-electron chi connectivity index (χ3n) is 1.50. The highest BCUT2D eigenvalue weighted by Crippen LogP contribution is 2.26. The van der Waals surface area contributed by atoms with Gasteiger partial charge in [0.25, 0.3) is 0 Å². The minimum absolute atomic E-state index is 0.302. The van der Waals surface area contributed by atoms with Gasteiger partial charge in [-0.25, -0.2) is 4.57 Å². The summed E-state index contributed by atoms with van der Waals surface area (Å²) in [4.78, 5) is 0. The summed E-state index contributed by atoms with van der Waals surface area (Å²) in [5.41, 5.74) is 0.941. The summed E-state index contributed by atoms with van der Waals surface area (Å²) < 4.78 is 20.6. The summed E-state index contributed by atoms with van der Waals surface area (Å²) in [6, 6.07) is 5.54. The van der Waals surface area contributed by atoms with Crippen molar-refractivity contribution < 1.29 is 13.8 Å². The predicted octanol–water partition coefficient (Wildman–Crippen LogP) is 3.18. The van der Waals surface area contributed by atoms with E-state index in [1.165, 1.54) is 0 Å². The van der Waals surface area contributed by atoms with Crippen LogP contribution in [0.2, 0.25) is 0 Å². The van der Waals surface area contributed by atoms with E-state index in [1.807, 2.05) is 18.2 Å². The van der Waals surface area contributed by atoms with Crippen molar-refractivity contribution in [1.82, 2.24) is 0 Å². The molecular formula is C8H8BrO3P. The summed E-state index contributed by atoms with van der Waals surface area (Å²) in [5.74, 6) is 0.767. The van der Waals surface area contributed by atoms with E-state index in [2.05, 4.69) is 15.9 Å². The molecule has 0 aliphatic carbocycles. The van der Waals surface area contributed by atoms with Gasteiger partial charge in [0.2, 0.25) is 0 Å². The molecule has 70 valence electrons. The third kappa shape index (κ3) is 3.07. The largest absolute Gasteiger partial charge is 0.496 e. The molecule has 0 unspecified atom stereocenters. The van der Waals surface area contributed by atoms with Crippen LogP contribution in [-0.4, -0.2) is 7.11 Å². The maximum absolute atomic E-state index is 10.0. The van der Waals surface area contributed by atoms with Crippen molar-refractivity contribution >= 4 is 24.6 Å². The van der Waals surface area contributed by atoms with Crippen molar-refractivity contribution in [3.8, 4) is 5.75 Å². The Bertz CT molecular complexity index is 303. The lowest BCUT2D eigenvalue weighted by Crippen LogP contribution is -1.88. The quantitative estimate of drug-likeness (QED) is 0.782. The Morgan fingerprint density at radius 2 is 2.31 bits per heavy atom. The van der Waals surface area contributed by atoms with E-state index in [4.69, 9.17) is 9.26 Å². The molecule has 0 aliphatic rings. The number of rotatable bonds is 4. The summed E-state index contributed by atoms with van der Waals surface area (Å²) in [6.07, 6.45) is 0. The second-order valence-corrected chi connectivity index (χ2v) is 3.58. The number of halogens is 1. The molecule has 0 radical (unpaired) electrons. The molecule has 0 aromatic heterocycles. The molecule has 1 aromatic rings. The van der Waals surface area contributed by atoms with Gasteiger partial charge in [-0.3, -0.25) is 4.52 Å². The summed E-state index contributed by atoms with van der Waals surface area (Å²) >= 11 is 3.34. The second-order valence-electron chi connectivity index (χ2n) is 2.32. The molecule has 5 heteroatoms. The van der Waals surface area contributed by atoms with Crippen LogP contribution >= 0.6 is 24.6 Å². The first-order valence-corrected chi connectivity index (χ1v) is 5.07. The van der Waals surface area contributed by atoms with Gasteiger partial charge in [-0.15, -0.1) is 0 Å². The van der Waals surface area contributed by atoms with Crippen molar-refractivity contribution in [1.29, 1.82) is 0 Å². The molecule has 1 aromatic carbocycles. The van der Waals surface area contributed by atoms with E-state index in [-0.39, 0.29) is 8.69 Å². The van der Waals surface area contributed by atoms with Gasteiger partial charge in [0, 0.05) is 0 Å². The fourth-order valence-corrected chi connectivity index (χ4v) is 1.69. The van der Waals surface area contributed by atoms with E-state index in [1.54, 1.807) is 7.11 Å². The number of benzene rings is 1. The second kappa shape index (κ2) is 5.32. The molecule has 0 atom stereocenters. The zero-order valence-electron chi connectivity index (χ0n) is 6.99. The Labute approximate surface area is 86.5 Å². The summed E-state index contributed by atoms with van der Waals surface area (Å²) in [5, 5.41) is 0. The van der Waals surface area contributed by atoms with Crippen molar-refractivity contribution in [2.24, 2.45) is 0 Å². The van der Waals surface area contributed by atoms with Gasteiger partial charge < -0.3 is 4.74 Å². The Morgan fingerprint density at radius 1 is 1.54 bits per heavy atom. The van der Waals surface area contributed by atoms with Crippen LogP contribution in [0, 0.1) is 0 Å². The maximum atomic E-state index is 10.0. The van der Waals surface area contributed by atoms with Gasteiger partial charge in [-0.05, 0) is 33.6 Å². The average molecular weight is 263 g/mol. The molecule has 0 N–H and O–H groups in total. The van der Waals surface area contributed by atoms with Gasteiger partial charge in [0.05, 0.1) is 18.2 Å². The summed E-state index contributed by atoms with van der Waals surface area (Å²) in [6.45, 7) is 0.327. The van der Waals surface area contributed by atoms with Crippen LogP contribution in [0.1, 0.15) is 5.56 Å². The molecule has 0 heterocycles. The molecule has 0 spiro atoms. The molecule has 1 rings (SSSR count). The monoisotopic (exact) mass is 262 g/mol. The lowest BCUT2D eigenvalue weighted by Gasteiger charge is -2.04. The first kappa shape index (κ1) is 10.6. The summed E-state index contributed by atoms with van der Waals surface area (Å²) in [7, 11) is 1.30. The van der Waals surface area contributed by atoms with E-state index < -0.39 is 0 Å². The van der Waals surface area contributed by atoms with Crippen LogP contribution in [0.3, 0.4) is 0 Å². The Balaban J connectivity index is 2.76. The molecule has 0 saturated carbocycles. The third-order valence-corrected chi connectivity index (χ3v) is 2.35. The van der Waals surface area contributed by atoms with Crippen LogP contribution in [0.5, 0.6) is 5.75 Å². The lowest BCUT2D eigenvalue weighted by atomic mass is 10.2. The minimum atomic E-state index is -0.302. The van der Waals surface area contributed by atoms with Gasteiger partial charge in [-0.1, -0.05) is 6.07 Å². The smallest absolute Gasteiger partial charge is 0.327 e. The van der Waals surface area contributed by atoms with Crippen molar-refractivity contribution in [3.05, 3.63) is 28.2 Å². The van der Waals surface area contributed by atoms with Crippen molar-refractivity contribution in [3.63, 3.8) is 0 Å². The predicted molar refractivity (Wildman–Crippen MR) is 53.1 cm³/mol. The Morgan fingerprint density at radius 3 is 2.85 bits per heavy atom. The molecule has 3 nitrogen and oxygen atoms in total. The fourth-order valence-electron chi connectivity index (χ4n) is 0.901. The average Bonchev–Trinajstić information content (AvgIpc) is 2.15. The molecule has 0 amide bonds. The van der Waals surface area contributed by atoms with Gasteiger partial charge in [0.15, 0.2) is 0 Å². The molecule has 0 bridgehead atoms. The van der Waals surface area contributed by atoms with E-state index >= 15 is 0 Å². The maximum Gasteiger partial charge on any atom is 0.327 e. The Kier molecular flexibility index (Phi) is 4.36. The van der Waals surface area contributed by atoms with Gasteiger partial charge >= 0.3 is 8.69 Å². The zero-order chi connectivity index (χ0) is 9.68. The topological polar surface area (TPSA) is 35.5 Å². The highest BCUT2D eigenvalue weighted by atomic mass is 79.9. The van der Waals surface area contributed by atoms with E-state index in [9.17, 15) is 4.57 Å². The molecule has 13 heavy (non-hydrogen) atoms. The number of methoxy groups -OCH3 is 1. The van der Waals surface area contributed by atoms with Crippen LogP contribution in [-0.2, 0) is 15.7 Å².